The smallest absolute Gasteiger partial charge is 0.190 e. The number of hydrogen-bond donors (Lipinski definition) is 0. The molecular formula is C11H8N4OS. The molecule has 17 heavy (non-hydrogen) atoms. The van der Waals surface area contributed by atoms with Gasteiger partial charge in [0, 0.05) is 17.5 Å². The van der Waals surface area contributed by atoms with Crippen LogP contribution in [0.5, 0.6) is 0 Å². The topological polar surface area (TPSA) is 71.6 Å². The molecule has 1 aromatic carbocycles. The maximum atomic E-state index is 10.6. The van der Waals surface area contributed by atoms with Crippen LogP contribution in [-0.2, 0) is 7.05 Å². The minimum Gasteiger partial charge on any atom is -0.298 e. The van der Waals surface area contributed by atoms with E-state index in [4.69, 9.17) is 5.26 Å². The molecule has 0 aliphatic heterocycles. The van der Waals surface area contributed by atoms with Crippen molar-refractivity contribution in [3.05, 3.63) is 35.7 Å². The standard InChI is InChI=1S/C11H8N4OS/c1-15-11(13-7-14-15)17-10-3-2-8(6-16)4-9(10)5-12/h2-4,6-7H,1H3. The summed E-state index contributed by atoms with van der Waals surface area (Å²) in [6, 6.07) is 7.04. The van der Waals surface area contributed by atoms with Crippen LogP contribution >= 0.6 is 11.8 Å². The van der Waals surface area contributed by atoms with E-state index in [1.165, 1.54) is 18.1 Å². The highest BCUT2D eigenvalue weighted by atomic mass is 32.2. The first kappa shape index (κ1) is 11.4. The maximum absolute atomic E-state index is 10.6. The molecule has 0 radical (unpaired) electrons. The third-order valence-electron chi connectivity index (χ3n) is 2.13. The van der Waals surface area contributed by atoms with Gasteiger partial charge in [-0.15, -0.1) is 0 Å². The van der Waals surface area contributed by atoms with Gasteiger partial charge in [-0.1, -0.05) is 6.07 Å². The van der Waals surface area contributed by atoms with E-state index in [2.05, 4.69) is 16.2 Å². The van der Waals surface area contributed by atoms with E-state index < -0.39 is 0 Å². The largest absolute Gasteiger partial charge is 0.298 e. The summed E-state index contributed by atoms with van der Waals surface area (Å²) in [5.74, 6) is 0. The van der Waals surface area contributed by atoms with Gasteiger partial charge in [-0.25, -0.2) is 9.67 Å². The molecule has 1 aromatic heterocycles. The number of nitrogens with zero attached hydrogens (tertiary/aromatic N) is 4. The second-order valence-corrected chi connectivity index (χ2v) is 4.26. The first-order valence-corrected chi connectivity index (χ1v) is 5.57. The van der Waals surface area contributed by atoms with Crippen LogP contribution in [0.4, 0.5) is 0 Å². The van der Waals surface area contributed by atoms with Crippen LogP contribution in [0.3, 0.4) is 0 Å². The number of aryl methyl sites for hydroxylation is 1. The van der Waals surface area contributed by atoms with Crippen LogP contribution in [0.25, 0.3) is 0 Å². The van der Waals surface area contributed by atoms with Crippen molar-refractivity contribution in [1.29, 1.82) is 5.26 Å². The summed E-state index contributed by atoms with van der Waals surface area (Å²) in [5.41, 5.74) is 0.950. The van der Waals surface area contributed by atoms with Crippen molar-refractivity contribution in [2.24, 2.45) is 7.05 Å². The molecule has 0 spiro atoms. The minimum atomic E-state index is 0.461. The average molecular weight is 244 g/mol. The third-order valence-corrected chi connectivity index (χ3v) is 3.26. The van der Waals surface area contributed by atoms with Crippen molar-refractivity contribution in [2.45, 2.75) is 10.1 Å². The average Bonchev–Trinajstić information content (AvgIpc) is 2.75. The third kappa shape index (κ3) is 2.34. The molecular weight excluding hydrogens is 236 g/mol. The molecule has 0 unspecified atom stereocenters. The second-order valence-electron chi connectivity index (χ2n) is 3.25. The first-order valence-electron chi connectivity index (χ1n) is 4.76. The van der Waals surface area contributed by atoms with E-state index in [-0.39, 0.29) is 0 Å². The lowest BCUT2D eigenvalue weighted by Gasteiger charge is -2.03. The van der Waals surface area contributed by atoms with Crippen molar-refractivity contribution >= 4 is 18.0 Å². The summed E-state index contributed by atoms with van der Waals surface area (Å²) in [6.45, 7) is 0. The fraction of sp³-hybridized carbons (Fsp3) is 0.0909. The van der Waals surface area contributed by atoms with Crippen LogP contribution in [0.15, 0.2) is 34.6 Å². The molecule has 0 N–H and O–H groups in total. The molecule has 0 saturated heterocycles. The Bertz CT molecular complexity index is 600. The van der Waals surface area contributed by atoms with Crippen molar-refractivity contribution in [3.63, 3.8) is 0 Å². The zero-order valence-corrected chi connectivity index (χ0v) is 9.81. The number of rotatable bonds is 3. The zero-order valence-electron chi connectivity index (χ0n) is 8.99. The predicted molar refractivity (Wildman–Crippen MR) is 61.7 cm³/mol. The molecule has 6 heteroatoms. The molecule has 0 aliphatic carbocycles. The first-order chi connectivity index (χ1) is 8.24. The van der Waals surface area contributed by atoms with Gasteiger partial charge in [0.15, 0.2) is 5.16 Å². The molecule has 2 rings (SSSR count). The highest BCUT2D eigenvalue weighted by molar-refractivity contribution is 7.99. The molecule has 0 atom stereocenters. The van der Waals surface area contributed by atoms with Crippen LogP contribution in [0.1, 0.15) is 15.9 Å². The van der Waals surface area contributed by atoms with E-state index in [9.17, 15) is 4.79 Å². The molecule has 0 saturated carbocycles. The quantitative estimate of drug-likeness (QED) is 0.768. The van der Waals surface area contributed by atoms with Gasteiger partial charge < -0.3 is 0 Å². The Balaban J connectivity index is 2.37. The Labute approximate surface area is 102 Å². The number of nitriles is 1. The Morgan fingerprint density at radius 3 is 2.94 bits per heavy atom. The van der Waals surface area contributed by atoms with Gasteiger partial charge in [-0.2, -0.15) is 10.4 Å². The Morgan fingerprint density at radius 1 is 1.53 bits per heavy atom. The van der Waals surface area contributed by atoms with Crippen LogP contribution in [-0.4, -0.2) is 21.1 Å². The number of carbonyl (C=O) groups excluding carboxylic acids is 1. The lowest BCUT2D eigenvalue weighted by Crippen LogP contribution is -1.93. The van der Waals surface area contributed by atoms with Gasteiger partial charge in [0.1, 0.15) is 18.7 Å². The number of carbonyl (C=O) groups is 1. The number of benzene rings is 1. The molecule has 0 amide bonds. The minimum absolute atomic E-state index is 0.461. The predicted octanol–water partition coefficient (Wildman–Crippen LogP) is 1.65. The highest BCUT2D eigenvalue weighted by Crippen LogP contribution is 2.28. The van der Waals surface area contributed by atoms with E-state index in [0.717, 1.165) is 11.2 Å². The van der Waals surface area contributed by atoms with Crippen LogP contribution in [0, 0.1) is 11.3 Å². The van der Waals surface area contributed by atoms with Gasteiger partial charge >= 0.3 is 0 Å². The molecule has 0 fully saturated rings. The molecule has 2 aromatic rings. The van der Waals surface area contributed by atoms with E-state index in [0.29, 0.717) is 16.3 Å². The van der Waals surface area contributed by atoms with E-state index in [1.807, 2.05) is 0 Å². The summed E-state index contributed by atoms with van der Waals surface area (Å²) >= 11 is 1.34. The molecule has 0 bridgehead atoms. The molecule has 0 aliphatic rings. The van der Waals surface area contributed by atoms with E-state index in [1.54, 1.807) is 29.9 Å². The van der Waals surface area contributed by atoms with Gasteiger partial charge in [-0.05, 0) is 23.9 Å². The normalized spacial score (nSPS) is 9.88. The lowest BCUT2D eigenvalue weighted by molar-refractivity contribution is 0.112. The fourth-order valence-corrected chi connectivity index (χ4v) is 2.10. The fourth-order valence-electron chi connectivity index (χ4n) is 1.27. The van der Waals surface area contributed by atoms with Crippen molar-refractivity contribution in [2.75, 3.05) is 0 Å². The SMILES string of the molecule is Cn1ncnc1Sc1ccc(C=O)cc1C#N. The Kier molecular flexibility index (Phi) is 3.21. The summed E-state index contributed by atoms with van der Waals surface area (Å²) < 4.78 is 1.62. The van der Waals surface area contributed by atoms with Gasteiger partial charge in [0.25, 0.3) is 0 Å². The highest BCUT2D eigenvalue weighted by Gasteiger charge is 2.08. The number of aromatic nitrogens is 3. The van der Waals surface area contributed by atoms with Crippen LogP contribution < -0.4 is 0 Å². The summed E-state index contributed by atoms with van der Waals surface area (Å²) in [5, 5.41) is 13.7. The summed E-state index contributed by atoms with van der Waals surface area (Å²) in [4.78, 5) is 15.4. The van der Waals surface area contributed by atoms with Crippen molar-refractivity contribution < 1.29 is 4.79 Å². The lowest BCUT2D eigenvalue weighted by atomic mass is 10.1. The van der Waals surface area contributed by atoms with Gasteiger partial charge in [-0.3, -0.25) is 4.79 Å². The van der Waals surface area contributed by atoms with E-state index >= 15 is 0 Å². The number of hydrogen-bond acceptors (Lipinski definition) is 5. The van der Waals surface area contributed by atoms with Crippen molar-refractivity contribution in [3.8, 4) is 6.07 Å². The molecule has 5 nitrogen and oxygen atoms in total. The summed E-state index contributed by atoms with van der Waals surface area (Å²) in [6.07, 6.45) is 2.17. The van der Waals surface area contributed by atoms with Crippen molar-refractivity contribution in [1.82, 2.24) is 14.8 Å². The second kappa shape index (κ2) is 4.80. The van der Waals surface area contributed by atoms with Crippen LogP contribution in [0.2, 0.25) is 0 Å². The summed E-state index contributed by atoms with van der Waals surface area (Å²) in [7, 11) is 1.78. The Morgan fingerprint density at radius 2 is 2.35 bits per heavy atom. The maximum Gasteiger partial charge on any atom is 0.190 e. The molecule has 1 heterocycles. The number of aldehydes is 1. The van der Waals surface area contributed by atoms with Gasteiger partial charge in [0.05, 0.1) is 5.56 Å². The molecule has 84 valence electrons. The Hall–Kier alpha value is -2.13. The van der Waals surface area contributed by atoms with Gasteiger partial charge in [0.2, 0.25) is 0 Å². The monoisotopic (exact) mass is 244 g/mol. The zero-order chi connectivity index (χ0) is 12.3.